The molecule has 0 saturated heterocycles. The lowest BCUT2D eigenvalue weighted by molar-refractivity contribution is 0.0684. The molecule has 0 bridgehead atoms. The highest BCUT2D eigenvalue weighted by Crippen LogP contribution is 2.40. The third-order valence-electron chi connectivity index (χ3n) is 5.93. The maximum absolute atomic E-state index is 9.85. The predicted molar refractivity (Wildman–Crippen MR) is 98.2 cm³/mol. The first-order valence-electron chi connectivity index (χ1n) is 10.4. The topological polar surface area (TPSA) is 20.2 Å². The molecule has 132 valence electrons. The van der Waals surface area contributed by atoms with Gasteiger partial charge in [0, 0.05) is 6.61 Å². The fraction of sp³-hybridized carbons (Fsp3) is 1.00. The normalized spacial score (nSPS) is 25.5. The fourth-order valence-corrected chi connectivity index (χ4v) is 4.48. The minimum atomic E-state index is 0.441. The molecule has 0 radical (unpaired) electrons. The van der Waals surface area contributed by atoms with Gasteiger partial charge < -0.3 is 5.11 Å². The van der Waals surface area contributed by atoms with E-state index in [9.17, 15) is 5.11 Å². The lowest BCUT2D eigenvalue weighted by Crippen LogP contribution is -2.31. The molecule has 0 amide bonds. The maximum atomic E-state index is 9.85. The summed E-state index contributed by atoms with van der Waals surface area (Å²) >= 11 is 0. The first kappa shape index (κ1) is 20.0. The van der Waals surface area contributed by atoms with Crippen LogP contribution in [-0.4, -0.2) is 11.7 Å². The van der Waals surface area contributed by atoms with Gasteiger partial charge in [0.15, 0.2) is 0 Å². The Morgan fingerprint density at radius 1 is 0.682 bits per heavy atom. The van der Waals surface area contributed by atoms with Gasteiger partial charge in [0.25, 0.3) is 0 Å². The van der Waals surface area contributed by atoms with Gasteiger partial charge in [0.05, 0.1) is 0 Å². The van der Waals surface area contributed by atoms with Crippen LogP contribution in [0, 0.1) is 17.8 Å². The number of aliphatic hydroxyl groups excluding tert-OH is 1. The van der Waals surface area contributed by atoms with Crippen molar-refractivity contribution in [3.63, 3.8) is 0 Å². The van der Waals surface area contributed by atoms with Crippen molar-refractivity contribution in [1.82, 2.24) is 0 Å². The number of aliphatic hydroxyl groups is 1. The van der Waals surface area contributed by atoms with Crippen LogP contribution >= 0.6 is 0 Å². The zero-order valence-corrected chi connectivity index (χ0v) is 15.5. The van der Waals surface area contributed by atoms with Gasteiger partial charge in [-0.3, -0.25) is 0 Å². The molecule has 0 aromatic rings. The molecular weight excluding hydrogens is 268 g/mol. The fourth-order valence-electron chi connectivity index (χ4n) is 4.48. The van der Waals surface area contributed by atoms with E-state index in [1.165, 1.54) is 96.3 Å². The van der Waals surface area contributed by atoms with Gasteiger partial charge in [-0.05, 0) is 17.8 Å². The smallest absolute Gasteiger partial charge is 0.0464 e. The zero-order chi connectivity index (χ0) is 16.0. The standard InChI is InChI=1S/C21H42O/c1-3-5-7-8-9-10-11-12-15-20-17-13-16-19(14-6-4-2)21(20)18-22/h19-22H,3-18H2,1-2H3. The van der Waals surface area contributed by atoms with Gasteiger partial charge in [-0.15, -0.1) is 0 Å². The third kappa shape index (κ3) is 7.99. The van der Waals surface area contributed by atoms with Gasteiger partial charge in [0.2, 0.25) is 0 Å². The minimum absolute atomic E-state index is 0.441. The largest absolute Gasteiger partial charge is 0.396 e. The van der Waals surface area contributed by atoms with Crippen molar-refractivity contribution < 1.29 is 5.11 Å². The highest BCUT2D eigenvalue weighted by atomic mass is 16.3. The molecule has 3 atom stereocenters. The van der Waals surface area contributed by atoms with Gasteiger partial charge in [-0.25, -0.2) is 0 Å². The van der Waals surface area contributed by atoms with E-state index in [0.29, 0.717) is 12.5 Å². The molecule has 0 aliphatic heterocycles. The first-order valence-corrected chi connectivity index (χ1v) is 10.4. The summed E-state index contributed by atoms with van der Waals surface area (Å²) in [7, 11) is 0. The summed E-state index contributed by atoms with van der Waals surface area (Å²) in [5, 5.41) is 9.85. The van der Waals surface area contributed by atoms with E-state index in [-0.39, 0.29) is 0 Å². The molecule has 3 unspecified atom stereocenters. The van der Waals surface area contributed by atoms with Crippen LogP contribution in [0.4, 0.5) is 0 Å². The average molecular weight is 311 g/mol. The van der Waals surface area contributed by atoms with Crippen molar-refractivity contribution in [3.8, 4) is 0 Å². The molecule has 1 nitrogen and oxygen atoms in total. The SMILES string of the molecule is CCCCCCCCCCC1CCCC(CCCC)C1CO. The number of unbranched alkanes of at least 4 members (excludes halogenated alkanes) is 8. The number of rotatable bonds is 13. The molecule has 1 fully saturated rings. The highest BCUT2D eigenvalue weighted by molar-refractivity contribution is 4.82. The second-order valence-corrected chi connectivity index (χ2v) is 7.70. The van der Waals surface area contributed by atoms with Crippen LogP contribution in [0.3, 0.4) is 0 Å². The summed E-state index contributed by atoms with van der Waals surface area (Å²) in [5.74, 6) is 2.25. The van der Waals surface area contributed by atoms with Gasteiger partial charge in [-0.2, -0.15) is 0 Å². The van der Waals surface area contributed by atoms with Crippen molar-refractivity contribution in [1.29, 1.82) is 0 Å². The number of hydrogen-bond donors (Lipinski definition) is 1. The van der Waals surface area contributed by atoms with Crippen molar-refractivity contribution in [2.45, 2.75) is 110 Å². The molecule has 1 N–H and O–H groups in total. The highest BCUT2D eigenvalue weighted by Gasteiger charge is 2.31. The summed E-state index contributed by atoms with van der Waals surface area (Å²) in [6, 6.07) is 0. The third-order valence-corrected chi connectivity index (χ3v) is 5.93. The van der Waals surface area contributed by atoms with Gasteiger partial charge in [0.1, 0.15) is 0 Å². The molecular formula is C21H42O. The molecule has 1 rings (SSSR count). The van der Waals surface area contributed by atoms with E-state index in [0.717, 1.165) is 11.8 Å². The Bertz CT molecular complexity index is 238. The average Bonchev–Trinajstić information content (AvgIpc) is 2.55. The molecule has 1 saturated carbocycles. The Labute approximate surface area is 140 Å². The Morgan fingerprint density at radius 2 is 1.18 bits per heavy atom. The van der Waals surface area contributed by atoms with Crippen molar-refractivity contribution in [3.05, 3.63) is 0 Å². The Kier molecular flexibility index (Phi) is 12.2. The summed E-state index contributed by atoms with van der Waals surface area (Å²) in [6.45, 7) is 5.01. The van der Waals surface area contributed by atoms with Gasteiger partial charge >= 0.3 is 0 Å². The first-order chi connectivity index (χ1) is 10.8. The summed E-state index contributed by atoms with van der Waals surface area (Å²) in [4.78, 5) is 0. The minimum Gasteiger partial charge on any atom is -0.396 e. The number of hydrogen-bond acceptors (Lipinski definition) is 1. The monoisotopic (exact) mass is 310 g/mol. The molecule has 22 heavy (non-hydrogen) atoms. The molecule has 1 heteroatoms. The van der Waals surface area contributed by atoms with E-state index in [1.54, 1.807) is 0 Å². The molecule has 0 aromatic carbocycles. The molecule has 0 spiro atoms. The Morgan fingerprint density at radius 3 is 1.73 bits per heavy atom. The van der Waals surface area contributed by atoms with Crippen LogP contribution in [0.15, 0.2) is 0 Å². The predicted octanol–water partition coefficient (Wildman–Crippen LogP) is 6.73. The summed E-state index contributed by atoms with van der Waals surface area (Å²) in [6.07, 6.45) is 20.9. The van der Waals surface area contributed by atoms with E-state index in [2.05, 4.69) is 13.8 Å². The van der Waals surface area contributed by atoms with Crippen molar-refractivity contribution in [2.75, 3.05) is 6.61 Å². The van der Waals surface area contributed by atoms with Crippen LogP contribution in [0.5, 0.6) is 0 Å². The Balaban J connectivity index is 2.14. The van der Waals surface area contributed by atoms with E-state index >= 15 is 0 Å². The second kappa shape index (κ2) is 13.4. The van der Waals surface area contributed by atoms with Crippen LogP contribution in [0.1, 0.15) is 110 Å². The van der Waals surface area contributed by atoms with Crippen LogP contribution in [0.25, 0.3) is 0 Å². The lowest BCUT2D eigenvalue weighted by Gasteiger charge is -2.37. The quantitative estimate of drug-likeness (QED) is 0.374. The summed E-state index contributed by atoms with van der Waals surface area (Å²) in [5.41, 5.74) is 0. The van der Waals surface area contributed by atoms with Crippen LogP contribution in [0.2, 0.25) is 0 Å². The second-order valence-electron chi connectivity index (χ2n) is 7.70. The maximum Gasteiger partial charge on any atom is 0.0464 e. The van der Waals surface area contributed by atoms with E-state index < -0.39 is 0 Å². The molecule has 0 heterocycles. The van der Waals surface area contributed by atoms with Gasteiger partial charge in [-0.1, -0.05) is 110 Å². The molecule has 1 aliphatic rings. The Hall–Kier alpha value is -0.0400. The van der Waals surface area contributed by atoms with Crippen LogP contribution < -0.4 is 0 Å². The van der Waals surface area contributed by atoms with Crippen LogP contribution in [-0.2, 0) is 0 Å². The van der Waals surface area contributed by atoms with Crippen molar-refractivity contribution in [2.24, 2.45) is 17.8 Å². The molecule has 0 aromatic heterocycles. The summed E-state index contributed by atoms with van der Waals surface area (Å²) < 4.78 is 0. The van der Waals surface area contributed by atoms with E-state index in [4.69, 9.17) is 0 Å². The lowest BCUT2D eigenvalue weighted by atomic mass is 9.69. The van der Waals surface area contributed by atoms with E-state index in [1.807, 2.05) is 0 Å². The molecule has 1 aliphatic carbocycles. The van der Waals surface area contributed by atoms with Crippen molar-refractivity contribution >= 4 is 0 Å². The zero-order valence-electron chi connectivity index (χ0n) is 15.5.